The summed E-state index contributed by atoms with van der Waals surface area (Å²) in [5, 5.41) is 4.05. The molecule has 4 atom stereocenters. The molecule has 3 aromatic rings. The van der Waals surface area contributed by atoms with Gasteiger partial charge in [0.25, 0.3) is 0 Å². The topological polar surface area (TPSA) is 192 Å². The third-order valence-corrected chi connectivity index (χ3v) is 12.6. The summed E-state index contributed by atoms with van der Waals surface area (Å²) >= 11 is 0. The highest BCUT2D eigenvalue weighted by Gasteiger charge is 2.34. The molecule has 0 amide bonds. The Bertz CT molecular complexity index is 1780. The van der Waals surface area contributed by atoms with Crippen LogP contribution in [0.1, 0.15) is 40.5 Å². The maximum atomic E-state index is 13.8. The average Bonchev–Trinajstić information content (AvgIpc) is 2.96. The van der Waals surface area contributed by atoms with E-state index in [1.165, 1.54) is 45.0 Å². The van der Waals surface area contributed by atoms with Gasteiger partial charge in [-0.25, -0.2) is 26.2 Å². The minimum absolute atomic E-state index is 0.0460. The zero-order valence-electron chi connectivity index (χ0n) is 26.0. The first-order chi connectivity index (χ1) is 21.5. The van der Waals surface area contributed by atoms with Crippen LogP contribution in [0.25, 0.3) is 21.5 Å². The third kappa shape index (κ3) is 7.15. The fraction of sp³-hybridized carbons (Fsp3) is 0.517. The number of nitrogens with one attached hydrogen (secondary N) is 1. The summed E-state index contributed by atoms with van der Waals surface area (Å²) in [6.45, 7) is 8.40. The molecule has 14 nitrogen and oxygen atoms in total. The van der Waals surface area contributed by atoms with Gasteiger partial charge in [-0.15, -0.1) is 4.91 Å². The molecule has 2 fully saturated rings. The second kappa shape index (κ2) is 13.2. The van der Waals surface area contributed by atoms with Crippen molar-refractivity contribution in [1.82, 2.24) is 8.61 Å². The van der Waals surface area contributed by atoms with Gasteiger partial charge >= 0.3 is 7.82 Å². The Morgan fingerprint density at radius 2 is 1.20 bits per heavy atom. The highest BCUT2D eigenvalue weighted by Crippen LogP contribution is 2.44. The van der Waals surface area contributed by atoms with Crippen molar-refractivity contribution in [3.05, 3.63) is 41.3 Å². The van der Waals surface area contributed by atoms with Gasteiger partial charge in [-0.05, 0) is 66.0 Å². The Kier molecular flexibility index (Phi) is 9.96. The minimum Gasteiger partial charge on any atom is -0.303 e. The minimum atomic E-state index is -4.90. The van der Waals surface area contributed by atoms with Gasteiger partial charge in [-0.1, -0.05) is 39.8 Å². The molecule has 0 aromatic heterocycles. The smallest absolute Gasteiger partial charge is 0.303 e. The monoisotopic (exact) mass is 698 g/mol. The number of phosphoric ester groups is 1. The fourth-order valence-corrected chi connectivity index (χ4v) is 10.4. The molecule has 0 radical (unpaired) electrons. The summed E-state index contributed by atoms with van der Waals surface area (Å²) in [6, 6.07) is 8.39. The summed E-state index contributed by atoms with van der Waals surface area (Å²) in [5.74, 6) is 0.610. The van der Waals surface area contributed by atoms with Crippen molar-refractivity contribution in [2.24, 2.45) is 28.8 Å². The molecule has 0 bridgehead atoms. The molecular weight excluding hydrogens is 659 g/mol. The van der Waals surface area contributed by atoms with E-state index in [4.69, 9.17) is 14.6 Å². The van der Waals surface area contributed by atoms with Crippen molar-refractivity contribution in [3.63, 3.8) is 0 Å². The number of benzene rings is 3. The Morgan fingerprint density at radius 3 is 1.57 bits per heavy atom. The van der Waals surface area contributed by atoms with Gasteiger partial charge in [-0.2, -0.15) is 8.61 Å². The molecule has 0 saturated carbocycles. The standard InChI is InChI=1S/C29H39N4O10PS2/c1-18-9-19(2)14-32(13-18)45(38,39)22-5-7-24-26(11-22)29(31-42-17-43-44(35,36)37)27-12-23(6-8-25(27)28(24)30-34)46(40,41)33-15-20(3)10-21(4)16-33/h5-8,11-12,18-21,31H,9-10,13-17H2,1-4H3,(H2,35,36,37)/t18-,19+,20-,21+. The Hall–Kier alpha value is -2.53. The summed E-state index contributed by atoms with van der Waals surface area (Å²) in [6.07, 6.45) is 1.79. The lowest BCUT2D eigenvalue weighted by Crippen LogP contribution is -2.42. The van der Waals surface area contributed by atoms with E-state index in [2.05, 4.69) is 15.2 Å². The second-order valence-electron chi connectivity index (χ2n) is 12.7. The number of phosphoric acid groups is 1. The van der Waals surface area contributed by atoms with E-state index < -0.39 is 34.7 Å². The summed E-state index contributed by atoms with van der Waals surface area (Å²) in [4.78, 5) is 35.5. The third-order valence-electron chi connectivity index (χ3n) is 8.52. The van der Waals surface area contributed by atoms with Gasteiger partial charge in [0.2, 0.25) is 20.0 Å². The van der Waals surface area contributed by atoms with Crippen LogP contribution in [0.5, 0.6) is 0 Å². The first kappa shape index (κ1) is 34.8. The molecule has 3 aromatic carbocycles. The van der Waals surface area contributed by atoms with Crippen LogP contribution < -0.4 is 5.48 Å². The van der Waals surface area contributed by atoms with Gasteiger partial charge in [0.05, 0.1) is 15.5 Å². The molecule has 2 aliphatic heterocycles. The van der Waals surface area contributed by atoms with Crippen molar-refractivity contribution in [3.8, 4) is 0 Å². The van der Waals surface area contributed by atoms with E-state index in [0.717, 1.165) is 12.8 Å². The van der Waals surface area contributed by atoms with Crippen LogP contribution in [0.4, 0.5) is 11.4 Å². The van der Waals surface area contributed by atoms with Gasteiger partial charge in [0, 0.05) is 47.7 Å². The molecule has 17 heteroatoms. The molecule has 5 rings (SSSR count). The first-order valence-corrected chi connectivity index (χ1v) is 19.4. The van der Waals surface area contributed by atoms with Crippen LogP contribution in [0.2, 0.25) is 0 Å². The summed E-state index contributed by atoms with van der Waals surface area (Å²) < 4.78 is 73.8. The molecule has 2 heterocycles. The quantitative estimate of drug-likeness (QED) is 0.0635. The lowest BCUT2D eigenvalue weighted by Gasteiger charge is -2.34. The largest absolute Gasteiger partial charge is 0.471 e. The fourth-order valence-electron chi connectivity index (χ4n) is 6.79. The lowest BCUT2D eigenvalue weighted by molar-refractivity contribution is 0.0273. The van der Waals surface area contributed by atoms with Crippen LogP contribution >= 0.6 is 7.82 Å². The maximum absolute atomic E-state index is 13.8. The van der Waals surface area contributed by atoms with E-state index >= 15 is 0 Å². The van der Waals surface area contributed by atoms with Crippen molar-refractivity contribution >= 4 is 60.8 Å². The average molecular weight is 699 g/mol. The van der Waals surface area contributed by atoms with E-state index in [9.17, 15) is 26.3 Å². The van der Waals surface area contributed by atoms with Gasteiger partial charge in [0.1, 0.15) is 5.69 Å². The highest BCUT2D eigenvalue weighted by atomic mass is 32.2. The number of sulfonamides is 2. The predicted molar refractivity (Wildman–Crippen MR) is 173 cm³/mol. The SMILES string of the molecule is C[C@@H]1C[C@H](C)CN(S(=O)(=O)c2ccc3c(N=O)c4ccc(S(=O)(=O)N5C[C@H](C)C[C@H](C)C5)cc4c(NOCOP(=O)(O)O)c3c2)C1. The van der Waals surface area contributed by atoms with Gasteiger partial charge in [0.15, 0.2) is 6.79 Å². The van der Waals surface area contributed by atoms with E-state index in [0.29, 0.717) is 26.2 Å². The molecule has 2 aliphatic rings. The Labute approximate surface area is 268 Å². The molecule has 3 N–H and O–H groups in total. The number of nitrogens with zero attached hydrogens (tertiary/aromatic N) is 3. The van der Waals surface area contributed by atoms with Crippen molar-refractivity contribution < 1.29 is 40.5 Å². The molecule has 0 unspecified atom stereocenters. The first-order valence-electron chi connectivity index (χ1n) is 15.0. The predicted octanol–water partition coefficient (Wildman–Crippen LogP) is 5.13. The Balaban J connectivity index is 1.69. The highest BCUT2D eigenvalue weighted by molar-refractivity contribution is 7.89. The van der Waals surface area contributed by atoms with Crippen molar-refractivity contribution in [1.29, 1.82) is 0 Å². The molecular formula is C29H39N4O10PS2. The van der Waals surface area contributed by atoms with Crippen molar-refractivity contribution in [2.75, 3.05) is 38.5 Å². The van der Waals surface area contributed by atoms with Crippen LogP contribution in [0, 0.1) is 28.6 Å². The molecule has 0 spiro atoms. The number of anilines is 1. The zero-order valence-corrected chi connectivity index (χ0v) is 28.5. The number of nitroso groups, excluding NO2 is 1. The number of hydrogen-bond acceptors (Lipinski definition) is 10. The lowest BCUT2D eigenvalue weighted by atomic mass is 9.94. The molecule has 252 valence electrons. The number of piperidine rings is 2. The number of rotatable bonds is 10. The van der Waals surface area contributed by atoms with Crippen LogP contribution in [0.15, 0.2) is 51.4 Å². The number of fused-ring (bicyclic) bond motifs is 2. The van der Waals surface area contributed by atoms with Crippen molar-refractivity contribution in [2.45, 2.75) is 50.3 Å². The van der Waals surface area contributed by atoms with Crippen LogP contribution in [0.3, 0.4) is 0 Å². The summed E-state index contributed by atoms with van der Waals surface area (Å²) in [7, 11) is -12.9. The summed E-state index contributed by atoms with van der Waals surface area (Å²) in [5.41, 5.74) is 2.58. The number of hydrogen-bond donors (Lipinski definition) is 3. The normalized spacial score (nSPS) is 24.0. The van der Waals surface area contributed by atoms with E-state index in [-0.39, 0.29) is 66.4 Å². The van der Waals surface area contributed by atoms with Crippen LogP contribution in [-0.2, 0) is 34.0 Å². The molecule has 2 saturated heterocycles. The second-order valence-corrected chi connectivity index (χ2v) is 17.9. The molecule has 0 aliphatic carbocycles. The van der Waals surface area contributed by atoms with Gasteiger partial charge < -0.3 is 9.79 Å². The van der Waals surface area contributed by atoms with E-state index in [1.54, 1.807) is 0 Å². The zero-order chi connectivity index (χ0) is 33.6. The Morgan fingerprint density at radius 1 is 0.783 bits per heavy atom. The van der Waals surface area contributed by atoms with Gasteiger partial charge in [-0.3, -0.25) is 10.0 Å². The van der Waals surface area contributed by atoms with E-state index in [1.807, 2.05) is 27.7 Å². The van der Waals surface area contributed by atoms with Crippen LogP contribution in [-0.4, -0.2) is 68.2 Å². The molecule has 46 heavy (non-hydrogen) atoms. The maximum Gasteiger partial charge on any atom is 0.471 e.